The maximum absolute atomic E-state index is 12.5. The van der Waals surface area contributed by atoms with Crippen LogP contribution in [0.4, 0.5) is 0 Å². The van der Waals surface area contributed by atoms with Crippen molar-refractivity contribution < 1.29 is 24.5 Å². The number of hydrogen-bond acceptors (Lipinski definition) is 5. The van der Waals surface area contributed by atoms with Crippen LogP contribution in [0.3, 0.4) is 0 Å². The lowest BCUT2D eigenvalue weighted by molar-refractivity contribution is -0.143. The number of ether oxygens (including phenoxy) is 1. The van der Waals surface area contributed by atoms with Crippen LogP contribution >= 0.6 is 0 Å². The van der Waals surface area contributed by atoms with Crippen molar-refractivity contribution in [3.05, 3.63) is 24.3 Å². The molecule has 0 aromatic rings. The summed E-state index contributed by atoms with van der Waals surface area (Å²) in [6, 6.07) is -0.541. The zero-order valence-corrected chi connectivity index (χ0v) is 49.4. The molecule has 2 unspecified atom stereocenters. The summed E-state index contributed by atoms with van der Waals surface area (Å²) in [6.45, 7) is 4.91. The number of unbranched alkanes of at least 4 members (excludes halogenated alkanes) is 47. The molecule has 6 heteroatoms. The predicted octanol–water partition coefficient (Wildman–Crippen LogP) is 21.0. The average molecular weight is 1030 g/mol. The molecule has 0 aromatic carbocycles. The van der Waals surface area contributed by atoms with E-state index < -0.39 is 12.1 Å². The molecule has 0 aromatic heterocycles. The third-order valence-corrected chi connectivity index (χ3v) is 15.5. The first-order chi connectivity index (χ1) is 36.0. The molecule has 0 bridgehead atoms. The number of carbonyl (C=O) groups is 2. The van der Waals surface area contributed by atoms with Crippen molar-refractivity contribution in [3.63, 3.8) is 0 Å². The molecule has 2 atom stereocenters. The lowest BCUT2D eigenvalue weighted by Gasteiger charge is -2.22. The molecule has 0 aliphatic heterocycles. The second-order valence-electron chi connectivity index (χ2n) is 22.8. The highest BCUT2D eigenvalue weighted by Crippen LogP contribution is 2.19. The topological polar surface area (TPSA) is 95.9 Å². The minimum Gasteiger partial charge on any atom is -0.466 e. The van der Waals surface area contributed by atoms with Crippen LogP contribution in [0.15, 0.2) is 24.3 Å². The van der Waals surface area contributed by atoms with E-state index in [1.54, 1.807) is 0 Å². The Morgan fingerprint density at radius 2 is 0.712 bits per heavy atom. The van der Waals surface area contributed by atoms with Gasteiger partial charge in [-0.2, -0.15) is 0 Å². The van der Waals surface area contributed by atoms with Gasteiger partial charge < -0.3 is 20.3 Å². The Balaban J connectivity index is 3.37. The van der Waals surface area contributed by atoms with E-state index in [2.05, 4.69) is 43.5 Å². The molecular weight excluding hydrogens is 899 g/mol. The van der Waals surface area contributed by atoms with Crippen molar-refractivity contribution in [2.24, 2.45) is 0 Å². The summed E-state index contributed by atoms with van der Waals surface area (Å²) in [5, 5.41) is 23.4. The van der Waals surface area contributed by atoms with Crippen LogP contribution in [0.2, 0.25) is 0 Å². The molecule has 73 heavy (non-hydrogen) atoms. The minimum absolute atomic E-state index is 0.000669. The van der Waals surface area contributed by atoms with E-state index in [4.69, 9.17) is 4.74 Å². The van der Waals surface area contributed by atoms with Gasteiger partial charge in [0.05, 0.1) is 25.4 Å². The number of hydrogen-bond donors (Lipinski definition) is 3. The van der Waals surface area contributed by atoms with E-state index in [0.717, 1.165) is 51.4 Å². The third kappa shape index (κ3) is 59.4. The van der Waals surface area contributed by atoms with Crippen LogP contribution in [-0.2, 0) is 14.3 Å². The highest BCUT2D eigenvalue weighted by molar-refractivity contribution is 5.76. The Labute approximate surface area is 456 Å². The average Bonchev–Trinajstić information content (AvgIpc) is 3.39. The van der Waals surface area contributed by atoms with Gasteiger partial charge in [-0.05, 0) is 51.4 Å². The van der Waals surface area contributed by atoms with Crippen LogP contribution in [0.25, 0.3) is 0 Å². The predicted molar refractivity (Wildman–Crippen MR) is 320 cm³/mol. The van der Waals surface area contributed by atoms with E-state index in [0.29, 0.717) is 25.9 Å². The number of esters is 1. The molecule has 6 nitrogen and oxygen atoms in total. The summed E-state index contributed by atoms with van der Waals surface area (Å²) < 4.78 is 5.47. The molecule has 432 valence electrons. The van der Waals surface area contributed by atoms with Gasteiger partial charge in [0.25, 0.3) is 0 Å². The summed E-state index contributed by atoms with van der Waals surface area (Å²) >= 11 is 0. The van der Waals surface area contributed by atoms with Crippen LogP contribution in [-0.4, -0.2) is 47.4 Å². The van der Waals surface area contributed by atoms with Crippen LogP contribution in [0.5, 0.6) is 0 Å². The number of nitrogens with one attached hydrogen (secondary N) is 1. The molecule has 0 rings (SSSR count). The zero-order chi connectivity index (χ0) is 52.9. The van der Waals surface area contributed by atoms with Gasteiger partial charge in [0.1, 0.15) is 0 Å². The number of rotatable bonds is 62. The lowest BCUT2D eigenvalue weighted by atomic mass is 10.0. The highest BCUT2D eigenvalue weighted by Gasteiger charge is 2.20. The van der Waals surface area contributed by atoms with E-state index in [1.165, 1.54) is 283 Å². The Kier molecular flexibility index (Phi) is 61.4. The van der Waals surface area contributed by atoms with Crippen LogP contribution < -0.4 is 5.32 Å². The fourth-order valence-electron chi connectivity index (χ4n) is 10.4. The molecule has 0 aliphatic rings. The Hall–Kier alpha value is -1.66. The molecule has 0 saturated carbocycles. The van der Waals surface area contributed by atoms with Crippen molar-refractivity contribution >= 4 is 11.9 Å². The van der Waals surface area contributed by atoms with Gasteiger partial charge in [0.15, 0.2) is 0 Å². The molecule has 0 aliphatic carbocycles. The largest absolute Gasteiger partial charge is 0.466 e. The van der Waals surface area contributed by atoms with Gasteiger partial charge in [-0.15, -0.1) is 0 Å². The van der Waals surface area contributed by atoms with Crippen LogP contribution in [0.1, 0.15) is 367 Å². The van der Waals surface area contributed by atoms with Gasteiger partial charge in [0.2, 0.25) is 5.91 Å². The maximum Gasteiger partial charge on any atom is 0.305 e. The van der Waals surface area contributed by atoms with E-state index in [9.17, 15) is 19.8 Å². The molecule has 0 spiro atoms. The zero-order valence-electron chi connectivity index (χ0n) is 49.4. The smallest absolute Gasteiger partial charge is 0.305 e. The maximum atomic E-state index is 12.5. The monoisotopic (exact) mass is 1030 g/mol. The molecule has 0 heterocycles. The second kappa shape index (κ2) is 62.9. The summed E-state index contributed by atoms with van der Waals surface area (Å²) in [4.78, 5) is 24.6. The van der Waals surface area contributed by atoms with E-state index >= 15 is 0 Å². The molecule has 1 amide bonds. The summed E-state index contributed by atoms with van der Waals surface area (Å²) in [7, 11) is 0. The molecule has 0 saturated heterocycles. The quantitative estimate of drug-likeness (QED) is 0.0320. The Morgan fingerprint density at radius 3 is 1.10 bits per heavy atom. The molecule has 0 radical (unpaired) electrons. The van der Waals surface area contributed by atoms with Crippen LogP contribution in [0, 0.1) is 0 Å². The van der Waals surface area contributed by atoms with E-state index in [1.807, 2.05) is 0 Å². The van der Waals surface area contributed by atoms with Crippen molar-refractivity contribution in [3.8, 4) is 0 Å². The highest BCUT2D eigenvalue weighted by atomic mass is 16.5. The first-order valence-corrected chi connectivity index (χ1v) is 33.1. The van der Waals surface area contributed by atoms with Crippen molar-refractivity contribution in [2.75, 3.05) is 13.2 Å². The fourth-order valence-corrected chi connectivity index (χ4v) is 10.4. The van der Waals surface area contributed by atoms with Gasteiger partial charge in [0, 0.05) is 12.8 Å². The minimum atomic E-state index is -0.664. The molecule has 3 N–H and O–H groups in total. The first kappa shape index (κ1) is 71.3. The van der Waals surface area contributed by atoms with Crippen molar-refractivity contribution in [1.82, 2.24) is 5.32 Å². The number of amides is 1. The van der Waals surface area contributed by atoms with E-state index in [-0.39, 0.29) is 18.5 Å². The normalized spacial score (nSPS) is 12.7. The number of allylic oxidation sites excluding steroid dienone is 4. The first-order valence-electron chi connectivity index (χ1n) is 33.1. The standard InChI is InChI=1S/C67H129NO5/c1-3-5-7-9-11-13-15-17-18-19-26-29-32-36-39-43-47-51-55-59-65(70)64(63-69)68-66(71)60-56-52-48-44-40-37-33-30-27-24-22-20-21-23-25-28-31-34-38-42-46-50-54-58-62-73-67(72)61-57-53-49-45-41-35-16-14-12-10-8-6-4-2/h8,10,14,16,64-65,69-70H,3-7,9,11-13,15,17-63H2,1-2H3,(H,68,71)/b10-8-,16-14-. The Bertz CT molecular complexity index is 1140. The lowest BCUT2D eigenvalue weighted by Crippen LogP contribution is -2.45. The molecule has 0 fully saturated rings. The summed E-state index contributed by atoms with van der Waals surface area (Å²) in [5.41, 5.74) is 0. The summed E-state index contributed by atoms with van der Waals surface area (Å²) in [5.74, 6) is -0.0297. The molecular formula is C67H129NO5. The second-order valence-corrected chi connectivity index (χ2v) is 22.8. The number of aliphatic hydroxyl groups excluding tert-OH is 2. The van der Waals surface area contributed by atoms with Gasteiger partial charge in [-0.3, -0.25) is 9.59 Å². The number of aliphatic hydroxyl groups is 2. The van der Waals surface area contributed by atoms with Crippen molar-refractivity contribution in [2.45, 2.75) is 379 Å². The third-order valence-electron chi connectivity index (χ3n) is 15.5. The van der Waals surface area contributed by atoms with Gasteiger partial charge in [-0.1, -0.05) is 327 Å². The van der Waals surface area contributed by atoms with Gasteiger partial charge in [-0.25, -0.2) is 0 Å². The summed E-state index contributed by atoms with van der Waals surface area (Å²) in [6.07, 6.45) is 77.7. The van der Waals surface area contributed by atoms with Gasteiger partial charge >= 0.3 is 5.97 Å². The Morgan fingerprint density at radius 1 is 0.384 bits per heavy atom. The van der Waals surface area contributed by atoms with Crippen molar-refractivity contribution in [1.29, 1.82) is 0 Å². The fraction of sp³-hybridized carbons (Fsp3) is 0.910. The SMILES string of the molecule is CCC/C=C\C/C=C\CCCCCCCC(=O)OCCCCCCCCCCCCCCCCCCCCCCCCCCC(=O)NC(CO)C(O)CCCCCCCCCCCCCCCCCCCCC. The number of carbonyl (C=O) groups excluding carboxylic acids is 2.